The van der Waals surface area contributed by atoms with E-state index in [1.54, 1.807) is 0 Å². The van der Waals surface area contributed by atoms with Gasteiger partial charge in [0, 0.05) is 25.4 Å². The minimum atomic E-state index is -4.22. The molecule has 0 amide bonds. The van der Waals surface area contributed by atoms with E-state index in [-0.39, 0.29) is 24.9 Å². The summed E-state index contributed by atoms with van der Waals surface area (Å²) in [5.74, 6) is 0.531. The summed E-state index contributed by atoms with van der Waals surface area (Å²) < 4.78 is 58.9. The number of rotatable bonds is 9. The van der Waals surface area contributed by atoms with Gasteiger partial charge in [0.15, 0.2) is 5.96 Å². The number of nitrogens with one attached hydrogen (secondary N) is 2. The van der Waals surface area contributed by atoms with Crippen molar-refractivity contribution < 1.29 is 21.6 Å². The van der Waals surface area contributed by atoms with Crippen LogP contribution in [0.4, 0.5) is 13.2 Å². The van der Waals surface area contributed by atoms with Crippen molar-refractivity contribution in [1.29, 1.82) is 0 Å². The van der Waals surface area contributed by atoms with Crippen LogP contribution in [0.15, 0.2) is 4.99 Å². The first-order valence-corrected chi connectivity index (χ1v) is 9.47. The van der Waals surface area contributed by atoms with Gasteiger partial charge in [0.2, 0.25) is 0 Å². The van der Waals surface area contributed by atoms with Crippen molar-refractivity contribution in [3.63, 3.8) is 0 Å². The van der Waals surface area contributed by atoms with E-state index >= 15 is 0 Å². The molecule has 6 nitrogen and oxygen atoms in total. The predicted molar refractivity (Wildman–Crippen MR) is 86.5 cm³/mol. The van der Waals surface area contributed by atoms with Crippen molar-refractivity contribution in [3.8, 4) is 0 Å². The van der Waals surface area contributed by atoms with Gasteiger partial charge >= 0.3 is 6.18 Å². The summed E-state index contributed by atoms with van der Waals surface area (Å²) in [4.78, 5) is 5.36. The highest BCUT2D eigenvalue weighted by Gasteiger charge is 2.28. The standard InChI is InChI=1S/C13H27F3N4O2S/c1-5-17-12(19-11(2)6-9-23(4,21)22)18-7-8-20(3)10-13(14,15)16/h11H,5-10H2,1-4H3,(H2,17,18,19). The molecule has 0 aliphatic rings. The molecule has 0 saturated carbocycles. The Bertz CT molecular complexity index is 466. The Hall–Kier alpha value is -1.03. The van der Waals surface area contributed by atoms with Crippen LogP contribution in [0.1, 0.15) is 20.3 Å². The number of alkyl halides is 3. The van der Waals surface area contributed by atoms with Gasteiger partial charge in [-0.2, -0.15) is 13.2 Å². The van der Waals surface area contributed by atoms with E-state index in [0.717, 1.165) is 4.90 Å². The quantitative estimate of drug-likeness (QED) is 0.471. The lowest BCUT2D eigenvalue weighted by atomic mass is 10.3. The van der Waals surface area contributed by atoms with E-state index in [1.165, 1.54) is 13.3 Å². The molecule has 23 heavy (non-hydrogen) atoms. The van der Waals surface area contributed by atoms with Crippen molar-refractivity contribution in [2.24, 2.45) is 4.99 Å². The summed E-state index contributed by atoms with van der Waals surface area (Å²) >= 11 is 0. The van der Waals surface area contributed by atoms with Crippen LogP contribution in [-0.4, -0.2) is 76.7 Å². The Kier molecular flexibility index (Phi) is 9.52. The number of sulfone groups is 1. The van der Waals surface area contributed by atoms with Crippen molar-refractivity contribution in [3.05, 3.63) is 0 Å². The van der Waals surface area contributed by atoms with Crippen LogP contribution in [0.2, 0.25) is 0 Å². The fourth-order valence-corrected chi connectivity index (χ4v) is 2.52. The summed E-state index contributed by atoms with van der Waals surface area (Å²) in [6.45, 7) is 3.71. The molecule has 0 aliphatic heterocycles. The molecule has 1 atom stereocenters. The number of likely N-dealkylation sites (N-methyl/N-ethyl adjacent to an activating group) is 1. The maximum Gasteiger partial charge on any atom is 0.401 e. The Morgan fingerprint density at radius 1 is 1.35 bits per heavy atom. The highest BCUT2D eigenvalue weighted by Crippen LogP contribution is 2.15. The van der Waals surface area contributed by atoms with E-state index in [2.05, 4.69) is 15.6 Å². The molecular formula is C13H27F3N4O2S. The summed E-state index contributed by atoms with van der Waals surface area (Å²) in [5.41, 5.74) is 0. The summed E-state index contributed by atoms with van der Waals surface area (Å²) in [6, 6.07) is -0.115. The zero-order chi connectivity index (χ0) is 18.1. The van der Waals surface area contributed by atoms with Crippen LogP contribution in [0.5, 0.6) is 0 Å². The van der Waals surface area contributed by atoms with Gasteiger partial charge in [0.25, 0.3) is 0 Å². The normalized spacial score (nSPS) is 14.9. The van der Waals surface area contributed by atoms with Crippen molar-refractivity contribution in [2.75, 3.05) is 45.2 Å². The minimum absolute atomic E-state index is 0.0644. The topological polar surface area (TPSA) is 73.8 Å². The molecule has 0 rings (SSSR count). The number of halogens is 3. The Morgan fingerprint density at radius 2 is 1.96 bits per heavy atom. The lowest BCUT2D eigenvalue weighted by Gasteiger charge is -2.19. The Labute approximate surface area is 136 Å². The zero-order valence-corrected chi connectivity index (χ0v) is 14.9. The van der Waals surface area contributed by atoms with Gasteiger partial charge in [-0.1, -0.05) is 0 Å². The SMILES string of the molecule is CCNC(=NCCN(C)CC(F)(F)F)NC(C)CCS(C)(=O)=O. The van der Waals surface area contributed by atoms with Gasteiger partial charge < -0.3 is 10.6 Å². The van der Waals surface area contributed by atoms with Crippen molar-refractivity contribution >= 4 is 15.8 Å². The van der Waals surface area contributed by atoms with Gasteiger partial charge in [-0.25, -0.2) is 8.42 Å². The highest BCUT2D eigenvalue weighted by molar-refractivity contribution is 7.90. The average Bonchev–Trinajstić information content (AvgIpc) is 2.33. The van der Waals surface area contributed by atoms with Crippen LogP contribution >= 0.6 is 0 Å². The monoisotopic (exact) mass is 360 g/mol. The molecule has 10 heteroatoms. The van der Waals surface area contributed by atoms with Crippen LogP contribution in [-0.2, 0) is 9.84 Å². The van der Waals surface area contributed by atoms with Gasteiger partial charge in [-0.05, 0) is 27.3 Å². The van der Waals surface area contributed by atoms with Gasteiger partial charge in [0.05, 0.1) is 18.8 Å². The number of hydrogen-bond donors (Lipinski definition) is 2. The van der Waals surface area contributed by atoms with Gasteiger partial charge in [-0.15, -0.1) is 0 Å². The maximum atomic E-state index is 12.2. The van der Waals surface area contributed by atoms with E-state index in [0.29, 0.717) is 18.9 Å². The van der Waals surface area contributed by atoms with E-state index in [9.17, 15) is 21.6 Å². The first-order chi connectivity index (χ1) is 10.4. The number of aliphatic imine (C=N–C) groups is 1. The second-order valence-corrected chi connectivity index (χ2v) is 7.84. The molecule has 0 aromatic rings. The predicted octanol–water partition coefficient (Wildman–Crippen LogP) is 0.859. The summed E-state index contributed by atoms with van der Waals surface area (Å²) in [7, 11) is -1.64. The van der Waals surface area contributed by atoms with Gasteiger partial charge in [-0.3, -0.25) is 9.89 Å². The molecule has 0 aromatic carbocycles. The number of hydrogen-bond acceptors (Lipinski definition) is 4. The molecule has 0 aliphatic carbocycles. The zero-order valence-electron chi connectivity index (χ0n) is 14.1. The van der Waals surface area contributed by atoms with E-state index in [4.69, 9.17) is 0 Å². The fourth-order valence-electron chi connectivity index (χ4n) is 1.73. The Balaban J connectivity index is 4.37. The first-order valence-electron chi connectivity index (χ1n) is 7.41. The molecule has 0 saturated heterocycles. The highest BCUT2D eigenvalue weighted by atomic mass is 32.2. The lowest BCUT2D eigenvalue weighted by Crippen LogP contribution is -2.43. The summed E-state index contributed by atoms with van der Waals surface area (Å²) in [5, 5.41) is 6.03. The fraction of sp³-hybridized carbons (Fsp3) is 0.923. The minimum Gasteiger partial charge on any atom is -0.357 e. The molecule has 2 N–H and O–H groups in total. The summed E-state index contributed by atoms with van der Waals surface area (Å²) in [6.07, 6.45) is -2.62. The first kappa shape index (κ1) is 22.0. The second-order valence-electron chi connectivity index (χ2n) is 5.58. The third-order valence-corrected chi connectivity index (χ3v) is 3.83. The average molecular weight is 360 g/mol. The number of guanidine groups is 1. The molecule has 0 fully saturated rings. The molecule has 0 radical (unpaired) electrons. The molecule has 0 spiro atoms. The van der Waals surface area contributed by atoms with E-state index < -0.39 is 22.6 Å². The van der Waals surface area contributed by atoms with Gasteiger partial charge in [0.1, 0.15) is 9.84 Å². The smallest absolute Gasteiger partial charge is 0.357 e. The van der Waals surface area contributed by atoms with E-state index in [1.807, 2.05) is 13.8 Å². The molecule has 0 aromatic heterocycles. The van der Waals surface area contributed by atoms with Crippen LogP contribution in [0.25, 0.3) is 0 Å². The van der Waals surface area contributed by atoms with Crippen LogP contribution in [0, 0.1) is 0 Å². The second kappa shape index (κ2) is 9.96. The lowest BCUT2D eigenvalue weighted by molar-refractivity contribution is -0.142. The molecule has 138 valence electrons. The number of nitrogens with zero attached hydrogens (tertiary/aromatic N) is 2. The third kappa shape index (κ3) is 14.3. The van der Waals surface area contributed by atoms with Crippen molar-refractivity contribution in [1.82, 2.24) is 15.5 Å². The Morgan fingerprint density at radius 3 is 2.43 bits per heavy atom. The molecular weight excluding hydrogens is 333 g/mol. The molecule has 1 unspecified atom stereocenters. The molecule has 0 heterocycles. The van der Waals surface area contributed by atoms with Crippen LogP contribution in [0.3, 0.4) is 0 Å². The van der Waals surface area contributed by atoms with Crippen LogP contribution < -0.4 is 10.6 Å². The third-order valence-electron chi connectivity index (χ3n) is 2.85. The molecule has 0 bridgehead atoms. The largest absolute Gasteiger partial charge is 0.401 e. The maximum absolute atomic E-state index is 12.2. The van der Waals surface area contributed by atoms with Crippen molar-refractivity contribution in [2.45, 2.75) is 32.5 Å².